The number of ether oxygens (including phenoxy) is 3. The van der Waals surface area contributed by atoms with Crippen LogP contribution in [0, 0.1) is 6.92 Å². The van der Waals surface area contributed by atoms with Gasteiger partial charge in [-0.1, -0.05) is 6.07 Å². The van der Waals surface area contributed by atoms with Crippen LogP contribution in [0.4, 0.5) is 0 Å². The molecule has 1 amide bonds. The maximum absolute atomic E-state index is 13.2. The first-order valence-electron chi connectivity index (χ1n) is 12.5. The van der Waals surface area contributed by atoms with Gasteiger partial charge in [-0.15, -0.1) is 0 Å². The SMILES string of the molecule is Cc1cc(C(=O)N2CCC3(C[C@@H](OC(C)C)C[C@@H](c4cccnc4)C3)OC2)ccc1OC(C)C. The number of benzene rings is 1. The number of carbonyl (C=O) groups excluding carboxylic acids is 1. The van der Waals surface area contributed by atoms with Gasteiger partial charge in [0.2, 0.25) is 0 Å². The molecule has 1 aromatic carbocycles. The Morgan fingerprint density at radius 3 is 2.62 bits per heavy atom. The van der Waals surface area contributed by atoms with Crippen molar-refractivity contribution in [3.63, 3.8) is 0 Å². The van der Waals surface area contributed by atoms with E-state index in [0.29, 0.717) is 24.8 Å². The van der Waals surface area contributed by atoms with Crippen LogP contribution in [0.1, 0.15) is 80.8 Å². The highest BCUT2D eigenvalue weighted by atomic mass is 16.5. The summed E-state index contributed by atoms with van der Waals surface area (Å²) in [5.41, 5.74) is 2.60. The van der Waals surface area contributed by atoms with Gasteiger partial charge in [0.25, 0.3) is 5.91 Å². The topological polar surface area (TPSA) is 60.9 Å². The average Bonchev–Trinajstić information content (AvgIpc) is 2.80. The van der Waals surface area contributed by atoms with Gasteiger partial charge in [-0.3, -0.25) is 9.78 Å². The maximum atomic E-state index is 13.2. The van der Waals surface area contributed by atoms with E-state index in [1.165, 1.54) is 5.56 Å². The normalized spacial score (nSPS) is 25.2. The Balaban J connectivity index is 1.45. The molecule has 1 aliphatic carbocycles. The Morgan fingerprint density at radius 2 is 2.00 bits per heavy atom. The zero-order chi connectivity index (χ0) is 24.3. The van der Waals surface area contributed by atoms with Gasteiger partial charge in [-0.2, -0.15) is 0 Å². The van der Waals surface area contributed by atoms with Crippen molar-refractivity contribution < 1.29 is 19.0 Å². The molecule has 1 saturated heterocycles. The molecule has 0 N–H and O–H groups in total. The maximum Gasteiger partial charge on any atom is 0.255 e. The van der Waals surface area contributed by atoms with Crippen molar-refractivity contribution in [2.45, 2.75) is 90.1 Å². The summed E-state index contributed by atoms with van der Waals surface area (Å²) in [6.07, 6.45) is 7.75. The lowest BCUT2D eigenvalue weighted by atomic mass is 9.72. The van der Waals surface area contributed by atoms with Gasteiger partial charge in [0, 0.05) is 30.9 Å². The van der Waals surface area contributed by atoms with Crippen LogP contribution in [-0.2, 0) is 9.47 Å². The van der Waals surface area contributed by atoms with Crippen LogP contribution < -0.4 is 4.74 Å². The highest BCUT2D eigenvalue weighted by molar-refractivity contribution is 5.94. The Hall–Kier alpha value is -2.44. The first kappa shape index (κ1) is 24.7. The average molecular weight is 467 g/mol. The van der Waals surface area contributed by atoms with Crippen molar-refractivity contribution in [3.8, 4) is 5.75 Å². The van der Waals surface area contributed by atoms with Crippen LogP contribution in [0.15, 0.2) is 42.7 Å². The van der Waals surface area contributed by atoms with E-state index in [2.05, 4.69) is 24.9 Å². The Labute approximate surface area is 203 Å². The second-order valence-electron chi connectivity index (χ2n) is 10.4. The zero-order valence-electron chi connectivity index (χ0n) is 21.1. The molecule has 184 valence electrons. The van der Waals surface area contributed by atoms with E-state index in [9.17, 15) is 4.79 Å². The molecule has 1 unspecified atom stereocenters. The summed E-state index contributed by atoms with van der Waals surface area (Å²) in [5.74, 6) is 1.16. The van der Waals surface area contributed by atoms with Gasteiger partial charge in [0.15, 0.2) is 0 Å². The van der Waals surface area contributed by atoms with Gasteiger partial charge >= 0.3 is 0 Å². The van der Waals surface area contributed by atoms with E-state index in [1.54, 1.807) is 0 Å². The van der Waals surface area contributed by atoms with Crippen molar-refractivity contribution in [1.82, 2.24) is 9.88 Å². The number of rotatable bonds is 6. The molecule has 6 nitrogen and oxygen atoms in total. The summed E-state index contributed by atoms with van der Waals surface area (Å²) >= 11 is 0. The van der Waals surface area contributed by atoms with Crippen LogP contribution >= 0.6 is 0 Å². The summed E-state index contributed by atoms with van der Waals surface area (Å²) in [7, 11) is 0. The Bertz CT molecular complexity index is 968. The number of aromatic nitrogens is 1. The summed E-state index contributed by atoms with van der Waals surface area (Å²) in [6.45, 7) is 11.1. The molecule has 2 aliphatic rings. The van der Waals surface area contributed by atoms with Crippen molar-refractivity contribution in [3.05, 3.63) is 59.4 Å². The van der Waals surface area contributed by atoms with E-state index in [1.807, 2.05) is 62.3 Å². The minimum absolute atomic E-state index is 0.00338. The minimum atomic E-state index is -0.278. The predicted octanol–water partition coefficient (Wildman–Crippen LogP) is 5.50. The van der Waals surface area contributed by atoms with E-state index in [-0.39, 0.29) is 29.8 Å². The molecule has 1 saturated carbocycles. The van der Waals surface area contributed by atoms with Crippen molar-refractivity contribution in [2.24, 2.45) is 0 Å². The molecule has 1 aliphatic heterocycles. The third-order valence-corrected chi connectivity index (χ3v) is 6.82. The van der Waals surface area contributed by atoms with Gasteiger partial charge < -0.3 is 19.1 Å². The third kappa shape index (κ3) is 5.78. The van der Waals surface area contributed by atoms with Crippen LogP contribution in [0.5, 0.6) is 5.75 Å². The number of pyridine rings is 1. The molecule has 34 heavy (non-hydrogen) atoms. The van der Waals surface area contributed by atoms with E-state index < -0.39 is 0 Å². The second-order valence-corrected chi connectivity index (χ2v) is 10.4. The summed E-state index contributed by atoms with van der Waals surface area (Å²) in [5, 5.41) is 0. The van der Waals surface area contributed by atoms with Crippen molar-refractivity contribution >= 4 is 5.91 Å². The van der Waals surface area contributed by atoms with Crippen LogP contribution in [0.3, 0.4) is 0 Å². The van der Waals surface area contributed by atoms with Crippen molar-refractivity contribution in [2.75, 3.05) is 13.3 Å². The number of hydrogen-bond donors (Lipinski definition) is 0. The molecule has 2 aromatic rings. The lowest BCUT2D eigenvalue weighted by molar-refractivity contribution is -0.173. The molecular formula is C28H38N2O4. The summed E-state index contributed by atoms with van der Waals surface area (Å²) in [6, 6.07) is 9.80. The molecule has 2 heterocycles. The third-order valence-electron chi connectivity index (χ3n) is 6.82. The molecule has 4 rings (SSSR count). The summed E-state index contributed by atoms with van der Waals surface area (Å²) < 4.78 is 18.6. The zero-order valence-corrected chi connectivity index (χ0v) is 21.1. The molecular weight excluding hydrogens is 428 g/mol. The van der Waals surface area contributed by atoms with Gasteiger partial charge in [0.05, 0.1) is 23.9 Å². The fourth-order valence-electron chi connectivity index (χ4n) is 5.31. The van der Waals surface area contributed by atoms with Crippen LogP contribution in [0.25, 0.3) is 0 Å². The highest BCUT2D eigenvalue weighted by Crippen LogP contribution is 2.45. The fourth-order valence-corrected chi connectivity index (χ4v) is 5.31. The smallest absolute Gasteiger partial charge is 0.255 e. The second kappa shape index (κ2) is 10.4. The molecule has 3 atom stereocenters. The fraction of sp³-hybridized carbons (Fsp3) is 0.571. The number of hydrogen-bond acceptors (Lipinski definition) is 5. The van der Waals surface area contributed by atoms with Crippen LogP contribution in [0.2, 0.25) is 0 Å². The largest absolute Gasteiger partial charge is 0.491 e. The number of aryl methyl sites for hydroxylation is 1. The highest BCUT2D eigenvalue weighted by Gasteiger charge is 2.45. The number of carbonyl (C=O) groups is 1. The first-order valence-corrected chi connectivity index (χ1v) is 12.5. The Morgan fingerprint density at radius 1 is 1.18 bits per heavy atom. The number of nitrogens with zero attached hydrogens (tertiary/aromatic N) is 2. The Kier molecular flexibility index (Phi) is 7.58. The minimum Gasteiger partial charge on any atom is -0.491 e. The van der Waals surface area contributed by atoms with Gasteiger partial charge in [0.1, 0.15) is 12.5 Å². The molecule has 0 bridgehead atoms. The molecule has 1 aromatic heterocycles. The first-order chi connectivity index (χ1) is 16.2. The molecule has 2 fully saturated rings. The predicted molar refractivity (Wildman–Crippen MR) is 132 cm³/mol. The molecule has 1 spiro atoms. The lowest BCUT2D eigenvalue weighted by Crippen LogP contribution is -2.53. The van der Waals surface area contributed by atoms with Gasteiger partial charge in [-0.05, 0) is 95.2 Å². The monoisotopic (exact) mass is 466 g/mol. The van der Waals surface area contributed by atoms with Crippen molar-refractivity contribution in [1.29, 1.82) is 0 Å². The van der Waals surface area contributed by atoms with E-state index in [4.69, 9.17) is 14.2 Å². The summed E-state index contributed by atoms with van der Waals surface area (Å²) in [4.78, 5) is 19.4. The number of amides is 1. The van der Waals surface area contributed by atoms with Gasteiger partial charge in [-0.25, -0.2) is 0 Å². The van der Waals surface area contributed by atoms with E-state index >= 15 is 0 Å². The molecule has 6 heteroatoms. The standard InChI is InChI=1S/C28H38N2O4/c1-19(2)33-25-14-24(23-7-6-11-29-17-23)15-28(16-25)10-12-30(18-32-28)27(31)22-8-9-26(21(5)13-22)34-20(3)4/h6-9,11,13,17,19-20,24-25H,10,12,14-16,18H2,1-5H3/t24-,25+,28?/m1/s1. The lowest BCUT2D eigenvalue weighted by Gasteiger charge is -2.48. The quantitative estimate of drug-likeness (QED) is 0.563. The van der Waals surface area contributed by atoms with Crippen LogP contribution in [-0.4, -0.2) is 53.0 Å². The van der Waals surface area contributed by atoms with E-state index in [0.717, 1.165) is 37.0 Å². The molecule has 0 radical (unpaired) electrons.